The SMILES string of the molecule is CC(C)Oc1ncc(Cl)cc1Cl. The predicted molar refractivity (Wildman–Crippen MR) is 50.0 cm³/mol. The lowest BCUT2D eigenvalue weighted by atomic mass is 10.4. The van der Waals surface area contributed by atoms with Gasteiger partial charge in [-0.2, -0.15) is 0 Å². The molecule has 12 heavy (non-hydrogen) atoms. The summed E-state index contributed by atoms with van der Waals surface area (Å²) in [5, 5.41) is 0.951. The smallest absolute Gasteiger partial charge is 0.232 e. The van der Waals surface area contributed by atoms with Crippen LogP contribution in [-0.4, -0.2) is 11.1 Å². The number of pyridine rings is 1. The van der Waals surface area contributed by atoms with Gasteiger partial charge in [-0.05, 0) is 19.9 Å². The van der Waals surface area contributed by atoms with Gasteiger partial charge in [-0.1, -0.05) is 23.2 Å². The van der Waals surface area contributed by atoms with Crippen molar-refractivity contribution in [2.24, 2.45) is 0 Å². The zero-order valence-electron chi connectivity index (χ0n) is 6.84. The summed E-state index contributed by atoms with van der Waals surface area (Å²) in [7, 11) is 0. The maximum absolute atomic E-state index is 5.80. The first kappa shape index (κ1) is 9.62. The summed E-state index contributed by atoms with van der Waals surface area (Å²) in [4.78, 5) is 3.93. The summed E-state index contributed by atoms with van der Waals surface area (Å²) >= 11 is 11.5. The highest BCUT2D eigenvalue weighted by Gasteiger charge is 2.05. The molecule has 0 spiro atoms. The van der Waals surface area contributed by atoms with E-state index in [1.54, 1.807) is 6.07 Å². The minimum atomic E-state index is 0.0659. The van der Waals surface area contributed by atoms with E-state index in [9.17, 15) is 0 Å². The maximum atomic E-state index is 5.80. The molecule has 1 aromatic rings. The minimum absolute atomic E-state index is 0.0659. The average Bonchev–Trinajstić information content (AvgIpc) is 1.94. The van der Waals surface area contributed by atoms with Gasteiger partial charge in [0, 0.05) is 6.20 Å². The first-order valence-electron chi connectivity index (χ1n) is 3.57. The second-order valence-corrected chi connectivity index (χ2v) is 3.45. The molecule has 0 N–H and O–H groups in total. The fourth-order valence-electron chi connectivity index (χ4n) is 0.712. The van der Waals surface area contributed by atoms with Crippen LogP contribution in [0.4, 0.5) is 0 Å². The zero-order chi connectivity index (χ0) is 9.14. The van der Waals surface area contributed by atoms with E-state index in [0.29, 0.717) is 15.9 Å². The molecule has 1 rings (SSSR count). The number of aromatic nitrogens is 1. The normalized spacial score (nSPS) is 10.4. The Hall–Kier alpha value is -0.470. The lowest BCUT2D eigenvalue weighted by Crippen LogP contribution is -2.07. The van der Waals surface area contributed by atoms with Crippen LogP contribution in [0.25, 0.3) is 0 Å². The first-order chi connectivity index (χ1) is 5.59. The largest absolute Gasteiger partial charge is 0.474 e. The molecule has 0 radical (unpaired) electrons. The monoisotopic (exact) mass is 205 g/mol. The third kappa shape index (κ3) is 2.54. The quantitative estimate of drug-likeness (QED) is 0.741. The van der Waals surface area contributed by atoms with Gasteiger partial charge in [0.15, 0.2) is 0 Å². The third-order valence-corrected chi connectivity index (χ3v) is 1.60. The molecule has 0 atom stereocenters. The molecule has 1 heterocycles. The highest BCUT2D eigenvalue weighted by atomic mass is 35.5. The van der Waals surface area contributed by atoms with Gasteiger partial charge >= 0.3 is 0 Å². The van der Waals surface area contributed by atoms with Crippen molar-refractivity contribution in [1.29, 1.82) is 0 Å². The Balaban J connectivity index is 2.86. The summed E-state index contributed by atoms with van der Waals surface area (Å²) in [6.07, 6.45) is 1.57. The van der Waals surface area contributed by atoms with E-state index < -0.39 is 0 Å². The Kier molecular flexibility index (Phi) is 3.18. The van der Waals surface area contributed by atoms with Crippen LogP contribution in [-0.2, 0) is 0 Å². The molecular weight excluding hydrogens is 197 g/mol. The van der Waals surface area contributed by atoms with Gasteiger partial charge in [-0.3, -0.25) is 0 Å². The average molecular weight is 206 g/mol. The van der Waals surface area contributed by atoms with Crippen LogP contribution >= 0.6 is 23.2 Å². The Labute approximate surface area is 81.5 Å². The third-order valence-electron chi connectivity index (χ3n) is 1.12. The van der Waals surface area contributed by atoms with Crippen LogP contribution in [0.1, 0.15) is 13.8 Å². The zero-order valence-corrected chi connectivity index (χ0v) is 8.36. The van der Waals surface area contributed by atoms with Crippen molar-refractivity contribution in [2.45, 2.75) is 20.0 Å². The molecular formula is C8H9Cl2NO. The van der Waals surface area contributed by atoms with Crippen LogP contribution in [0.3, 0.4) is 0 Å². The van der Waals surface area contributed by atoms with Gasteiger partial charge in [-0.25, -0.2) is 4.98 Å². The molecule has 0 bridgehead atoms. The predicted octanol–water partition coefficient (Wildman–Crippen LogP) is 3.18. The molecule has 1 aromatic heterocycles. The van der Waals surface area contributed by atoms with Gasteiger partial charge in [0.25, 0.3) is 0 Å². The molecule has 0 aliphatic carbocycles. The van der Waals surface area contributed by atoms with Gasteiger partial charge in [0.05, 0.1) is 11.1 Å². The van der Waals surface area contributed by atoms with Crippen LogP contribution in [0, 0.1) is 0 Å². The number of nitrogens with zero attached hydrogens (tertiary/aromatic N) is 1. The molecule has 4 heteroatoms. The van der Waals surface area contributed by atoms with Crippen molar-refractivity contribution in [3.05, 3.63) is 22.3 Å². The standard InChI is InChI=1S/C8H9Cl2NO/c1-5(2)12-8-7(10)3-6(9)4-11-8/h3-5H,1-2H3. The highest BCUT2D eigenvalue weighted by Crippen LogP contribution is 2.25. The molecule has 0 unspecified atom stereocenters. The van der Waals surface area contributed by atoms with Crippen LogP contribution in [0.2, 0.25) is 10.0 Å². The molecule has 0 fully saturated rings. The first-order valence-corrected chi connectivity index (χ1v) is 4.33. The summed E-state index contributed by atoms with van der Waals surface area (Å²) in [5.41, 5.74) is 0. The Bertz CT molecular complexity index is 276. The van der Waals surface area contributed by atoms with Crippen LogP contribution < -0.4 is 4.74 Å². The van der Waals surface area contributed by atoms with Crippen LogP contribution in [0.15, 0.2) is 12.3 Å². The number of ether oxygens (including phenoxy) is 1. The molecule has 0 saturated carbocycles. The van der Waals surface area contributed by atoms with E-state index in [1.807, 2.05) is 13.8 Å². The molecule has 0 amide bonds. The Morgan fingerprint density at radius 3 is 2.58 bits per heavy atom. The van der Waals surface area contributed by atoms with E-state index in [1.165, 1.54) is 6.20 Å². The van der Waals surface area contributed by atoms with Gasteiger partial charge < -0.3 is 4.74 Å². The van der Waals surface area contributed by atoms with E-state index in [-0.39, 0.29) is 6.10 Å². The second kappa shape index (κ2) is 3.97. The van der Waals surface area contributed by atoms with Crippen molar-refractivity contribution in [3.63, 3.8) is 0 Å². The van der Waals surface area contributed by atoms with Crippen molar-refractivity contribution in [3.8, 4) is 5.88 Å². The number of halogens is 2. The summed E-state index contributed by atoms with van der Waals surface area (Å²) in [5.74, 6) is 0.427. The molecule has 0 aliphatic heterocycles. The fourth-order valence-corrected chi connectivity index (χ4v) is 1.14. The Morgan fingerprint density at radius 1 is 1.42 bits per heavy atom. The molecule has 2 nitrogen and oxygen atoms in total. The molecule has 66 valence electrons. The topological polar surface area (TPSA) is 22.1 Å². The van der Waals surface area contributed by atoms with Crippen molar-refractivity contribution >= 4 is 23.2 Å². The fraction of sp³-hybridized carbons (Fsp3) is 0.375. The molecule has 0 saturated heterocycles. The van der Waals surface area contributed by atoms with Gasteiger partial charge in [-0.15, -0.1) is 0 Å². The summed E-state index contributed by atoms with van der Waals surface area (Å²) in [6.45, 7) is 3.82. The van der Waals surface area contributed by atoms with E-state index in [2.05, 4.69) is 4.98 Å². The second-order valence-electron chi connectivity index (χ2n) is 2.61. The van der Waals surface area contributed by atoms with E-state index in [0.717, 1.165) is 0 Å². The maximum Gasteiger partial charge on any atom is 0.232 e. The summed E-state index contributed by atoms with van der Waals surface area (Å²) < 4.78 is 5.30. The van der Waals surface area contributed by atoms with Crippen molar-refractivity contribution in [2.75, 3.05) is 0 Å². The number of hydrogen-bond acceptors (Lipinski definition) is 2. The van der Waals surface area contributed by atoms with Crippen molar-refractivity contribution in [1.82, 2.24) is 4.98 Å². The van der Waals surface area contributed by atoms with Crippen LogP contribution in [0.5, 0.6) is 5.88 Å². The number of rotatable bonds is 2. The van der Waals surface area contributed by atoms with E-state index >= 15 is 0 Å². The van der Waals surface area contributed by atoms with Crippen molar-refractivity contribution < 1.29 is 4.74 Å². The minimum Gasteiger partial charge on any atom is -0.474 e. The van der Waals surface area contributed by atoms with E-state index in [4.69, 9.17) is 27.9 Å². The highest BCUT2D eigenvalue weighted by molar-refractivity contribution is 6.35. The Morgan fingerprint density at radius 2 is 2.08 bits per heavy atom. The molecule has 0 aromatic carbocycles. The lowest BCUT2D eigenvalue weighted by Gasteiger charge is -2.09. The van der Waals surface area contributed by atoms with Gasteiger partial charge in [0.2, 0.25) is 5.88 Å². The lowest BCUT2D eigenvalue weighted by molar-refractivity contribution is 0.233. The molecule has 0 aliphatic rings. The van der Waals surface area contributed by atoms with Gasteiger partial charge in [0.1, 0.15) is 5.02 Å². The number of hydrogen-bond donors (Lipinski definition) is 0. The summed E-state index contributed by atoms with van der Waals surface area (Å²) in [6, 6.07) is 1.60.